The van der Waals surface area contributed by atoms with Gasteiger partial charge in [-0.05, 0) is 48.5 Å². The van der Waals surface area contributed by atoms with Crippen molar-refractivity contribution in [3.8, 4) is 11.5 Å². The number of hydrogen-bond acceptors (Lipinski definition) is 2. The minimum absolute atomic E-state index is 0.420. The first-order valence-electron chi connectivity index (χ1n) is 6.84. The van der Waals surface area contributed by atoms with E-state index in [9.17, 15) is 0 Å². The van der Waals surface area contributed by atoms with E-state index in [4.69, 9.17) is 56.9 Å². The third-order valence-electron chi connectivity index (χ3n) is 2.81. The lowest BCUT2D eigenvalue weighted by Gasteiger charge is -2.09. The maximum atomic E-state index is 5.98. The minimum atomic E-state index is 0.420. The summed E-state index contributed by atoms with van der Waals surface area (Å²) in [4.78, 5) is 0. The molecule has 0 atom stereocenters. The van der Waals surface area contributed by atoms with Gasteiger partial charge >= 0.3 is 0 Å². The molecular formula is C18H13Cl4NO. The first-order valence-corrected chi connectivity index (χ1v) is 8.35. The molecule has 0 aliphatic carbocycles. The fourth-order valence-electron chi connectivity index (χ4n) is 1.69. The van der Waals surface area contributed by atoms with E-state index in [2.05, 4.69) is 0 Å². The number of nitrogens with two attached hydrogens (primary N) is 1. The summed E-state index contributed by atoms with van der Waals surface area (Å²) in [6.07, 6.45) is 0. The first-order chi connectivity index (χ1) is 11.5. The molecule has 0 heterocycles. The van der Waals surface area contributed by atoms with E-state index in [1.807, 2.05) is 30.3 Å². The molecule has 0 bridgehead atoms. The topological polar surface area (TPSA) is 35.2 Å². The zero-order valence-corrected chi connectivity index (χ0v) is 15.4. The smallest absolute Gasteiger partial charge is 0.146 e. The number of hydrogen-bond donors (Lipinski definition) is 1. The Labute approximate surface area is 160 Å². The summed E-state index contributed by atoms with van der Waals surface area (Å²) in [5.41, 5.74) is 6.18. The van der Waals surface area contributed by atoms with Gasteiger partial charge in [0.25, 0.3) is 0 Å². The third kappa shape index (κ3) is 5.81. The second-order valence-electron chi connectivity index (χ2n) is 4.66. The van der Waals surface area contributed by atoms with Gasteiger partial charge in [0.05, 0.1) is 10.0 Å². The lowest BCUT2D eigenvalue weighted by molar-refractivity contribution is 0.483. The number of rotatable bonds is 2. The normalized spacial score (nSPS) is 9.83. The van der Waals surface area contributed by atoms with Crippen molar-refractivity contribution in [2.45, 2.75) is 0 Å². The average Bonchev–Trinajstić information content (AvgIpc) is 2.54. The average molecular weight is 401 g/mol. The number of ether oxygens (including phenoxy) is 1. The number of benzene rings is 3. The van der Waals surface area contributed by atoms with Gasteiger partial charge in [-0.3, -0.25) is 0 Å². The predicted molar refractivity (Wildman–Crippen MR) is 104 cm³/mol. The van der Waals surface area contributed by atoms with Crippen LogP contribution in [0.4, 0.5) is 5.69 Å². The molecule has 0 unspecified atom stereocenters. The van der Waals surface area contributed by atoms with Crippen LogP contribution in [0, 0.1) is 0 Å². The highest BCUT2D eigenvalue weighted by Gasteiger charge is 2.07. The van der Waals surface area contributed by atoms with Crippen molar-refractivity contribution in [3.05, 3.63) is 86.8 Å². The van der Waals surface area contributed by atoms with Crippen LogP contribution in [-0.4, -0.2) is 0 Å². The molecule has 3 rings (SSSR count). The maximum Gasteiger partial charge on any atom is 0.146 e. The van der Waals surface area contributed by atoms with Crippen LogP contribution in [0.1, 0.15) is 0 Å². The lowest BCUT2D eigenvalue weighted by atomic mass is 10.3. The molecule has 0 aliphatic rings. The predicted octanol–water partition coefficient (Wildman–Crippen LogP) is 7.36. The molecule has 124 valence electrons. The molecule has 0 amide bonds. The molecule has 0 saturated heterocycles. The molecule has 2 N–H and O–H groups in total. The summed E-state index contributed by atoms with van der Waals surface area (Å²) in [7, 11) is 0. The van der Waals surface area contributed by atoms with Gasteiger partial charge < -0.3 is 10.5 Å². The standard InChI is InChI=1S/C12H6Cl4O.C6H7N/c13-7-1-3-11(9(15)5-7)17-12-4-2-8(14)6-10(12)16;7-6-4-2-1-3-5-6/h1-6H;1-5H,7H2. The van der Waals surface area contributed by atoms with Gasteiger partial charge in [0.15, 0.2) is 0 Å². The van der Waals surface area contributed by atoms with Crippen molar-refractivity contribution in [1.29, 1.82) is 0 Å². The molecule has 0 saturated carbocycles. The highest BCUT2D eigenvalue weighted by Crippen LogP contribution is 2.35. The van der Waals surface area contributed by atoms with Crippen LogP contribution in [0.3, 0.4) is 0 Å². The van der Waals surface area contributed by atoms with Crippen LogP contribution >= 0.6 is 46.4 Å². The van der Waals surface area contributed by atoms with Gasteiger partial charge in [0.1, 0.15) is 11.5 Å². The van der Waals surface area contributed by atoms with Crippen molar-refractivity contribution in [3.63, 3.8) is 0 Å². The lowest BCUT2D eigenvalue weighted by Crippen LogP contribution is -1.86. The van der Waals surface area contributed by atoms with Crippen LogP contribution in [0.5, 0.6) is 11.5 Å². The first kappa shape index (κ1) is 18.8. The second-order valence-corrected chi connectivity index (χ2v) is 6.35. The molecular weight excluding hydrogens is 388 g/mol. The van der Waals surface area contributed by atoms with Crippen molar-refractivity contribution in [1.82, 2.24) is 0 Å². The monoisotopic (exact) mass is 399 g/mol. The van der Waals surface area contributed by atoms with Gasteiger partial charge in [-0.15, -0.1) is 0 Å². The Bertz CT molecular complexity index is 760. The van der Waals surface area contributed by atoms with E-state index in [1.165, 1.54) is 0 Å². The summed E-state index contributed by atoms with van der Waals surface area (Å²) in [5, 5.41) is 1.93. The fourth-order valence-corrected chi connectivity index (χ4v) is 2.58. The summed E-state index contributed by atoms with van der Waals surface area (Å²) in [5.74, 6) is 0.973. The van der Waals surface area contributed by atoms with Crippen LogP contribution in [-0.2, 0) is 0 Å². The summed E-state index contributed by atoms with van der Waals surface area (Å²) in [6, 6.07) is 19.4. The molecule has 6 heteroatoms. The van der Waals surface area contributed by atoms with Crippen molar-refractivity contribution in [2.75, 3.05) is 5.73 Å². The Morgan fingerprint density at radius 3 is 1.42 bits per heavy atom. The number of halogens is 4. The maximum absolute atomic E-state index is 5.98. The summed E-state index contributed by atoms with van der Waals surface area (Å²) < 4.78 is 5.57. The Balaban J connectivity index is 0.000000249. The van der Waals surface area contributed by atoms with Gasteiger partial charge in [-0.2, -0.15) is 0 Å². The third-order valence-corrected chi connectivity index (χ3v) is 3.87. The summed E-state index contributed by atoms with van der Waals surface area (Å²) >= 11 is 23.5. The fraction of sp³-hybridized carbons (Fsp3) is 0. The van der Waals surface area contributed by atoms with E-state index >= 15 is 0 Å². The Hall–Kier alpha value is -1.58. The molecule has 3 aromatic rings. The number of para-hydroxylation sites is 1. The molecule has 0 fully saturated rings. The molecule has 0 aromatic heterocycles. The van der Waals surface area contributed by atoms with Crippen LogP contribution in [0.15, 0.2) is 66.7 Å². The van der Waals surface area contributed by atoms with E-state index in [0.29, 0.717) is 31.6 Å². The summed E-state index contributed by atoms with van der Waals surface area (Å²) in [6.45, 7) is 0. The van der Waals surface area contributed by atoms with E-state index in [0.717, 1.165) is 5.69 Å². The van der Waals surface area contributed by atoms with Crippen LogP contribution in [0.25, 0.3) is 0 Å². The largest absolute Gasteiger partial charge is 0.454 e. The second kappa shape index (κ2) is 9.05. The highest BCUT2D eigenvalue weighted by molar-refractivity contribution is 6.36. The highest BCUT2D eigenvalue weighted by atomic mass is 35.5. The van der Waals surface area contributed by atoms with Crippen molar-refractivity contribution < 1.29 is 4.74 Å². The van der Waals surface area contributed by atoms with E-state index < -0.39 is 0 Å². The Morgan fingerprint density at radius 1 is 0.625 bits per heavy atom. The van der Waals surface area contributed by atoms with E-state index in [-0.39, 0.29) is 0 Å². The van der Waals surface area contributed by atoms with Gasteiger partial charge in [0.2, 0.25) is 0 Å². The van der Waals surface area contributed by atoms with Crippen LogP contribution in [0.2, 0.25) is 20.1 Å². The molecule has 0 aliphatic heterocycles. The number of nitrogen functional groups attached to an aromatic ring is 1. The van der Waals surface area contributed by atoms with E-state index in [1.54, 1.807) is 36.4 Å². The van der Waals surface area contributed by atoms with Gasteiger partial charge in [-0.1, -0.05) is 64.6 Å². The number of anilines is 1. The molecule has 0 spiro atoms. The van der Waals surface area contributed by atoms with Crippen molar-refractivity contribution >= 4 is 52.1 Å². The van der Waals surface area contributed by atoms with Gasteiger partial charge in [0, 0.05) is 15.7 Å². The molecule has 3 aromatic carbocycles. The van der Waals surface area contributed by atoms with Gasteiger partial charge in [-0.25, -0.2) is 0 Å². The Kier molecular flexibility index (Phi) is 7.07. The van der Waals surface area contributed by atoms with Crippen LogP contribution < -0.4 is 10.5 Å². The zero-order valence-electron chi connectivity index (χ0n) is 12.3. The van der Waals surface area contributed by atoms with Crippen molar-refractivity contribution in [2.24, 2.45) is 0 Å². The molecule has 2 nitrogen and oxygen atoms in total. The SMILES string of the molecule is Clc1ccc(Oc2ccc(Cl)cc2Cl)c(Cl)c1.Nc1ccccc1. The quantitative estimate of drug-likeness (QED) is 0.456. The Morgan fingerprint density at radius 2 is 1.08 bits per heavy atom. The molecule has 0 radical (unpaired) electrons. The molecule has 24 heavy (non-hydrogen) atoms. The minimum Gasteiger partial charge on any atom is -0.454 e. The zero-order chi connectivity index (χ0) is 17.5.